The second-order valence-electron chi connectivity index (χ2n) is 5.31. The highest BCUT2D eigenvalue weighted by Gasteiger charge is 2.20. The lowest BCUT2D eigenvalue weighted by Crippen LogP contribution is -2.33. The molecule has 4 heteroatoms. The molecule has 0 aromatic heterocycles. The van der Waals surface area contributed by atoms with Crippen LogP contribution in [0.25, 0.3) is 0 Å². The van der Waals surface area contributed by atoms with Gasteiger partial charge in [0, 0.05) is 25.4 Å². The molecule has 2 atom stereocenters. The maximum Gasteiger partial charge on any atom is 0.224 e. The average molecular weight is 276 g/mol. The van der Waals surface area contributed by atoms with Gasteiger partial charge in [0.25, 0.3) is 0 Å². The molecule has 20 heavy (non-hydrogen) atoms. The maximum atomic E-state index is 11.3. The third-order valence-electron chi connectivity index (χ3n) is 3.79. The van der Waals surface area contributed by atoms with Gasteiger partial charge in [0.1, 0.15) is 0 Å². The number of amides is 1. The average Bonchev–Trinajstić information content (AvgIpc) is 2.49. The van der Waals surface area contributed by atoms with Crippen molar-refractivity contribution in [1.82, 2.24) is 5.32 Å². The molecule has 0 aliphatic carbocycles. The summed E-state index contributed by atoms with van der Waals surface area (Å²) >= 11 is 0. The number of hydrogen-bond donors (Lipinski definition) is 2. The summed E-state index contributed by atoms with van der Waals surface area (Å²) in [6.07, 6.45) is 4.01. The Hall–Kier alpha value is -1.55. The molecule has 0 saturated carbocycles. The Morgan fingerprint density at radius 2 is 2.10 bits per heavy atom. The fraction of sp³-hybridized carbons (Fsp3) is 0.562. The van der Waals surface area contributed by atoms with Gasteiger partial charge in [0.15, 0.2) is 0 Å². The zero-order valence-corrected chi connectivity index (χ0v) is 12.3. The standard InChI is InChI=1S/C16H24N2O2/c1-3-15-11-14(8-9-20-15)18-13-6-4-12(5-7-13)10-16(19)17-2/h4-7,14-15,18H,3,8-11H2,1-2H3,(H,17,19). The Bertz CT molecular complexity index is 431. The number of anilines is 1. The van der Waals surface area contributed by atoms with Gasteiger partial charge in [-0.3, -0.25) is 4.79 Å². The highest BCUT2D eigenvalue weighted by Crippen LogP contribution is 2.20. The molecule has 2 unspecified atom stereocenters. The summed E-state index contributed by atoms with van der Waals surface area (Å²) in [5, 5.41) is 6.20. The monoisotopic (exact) mass is 276 g/mol. The molecule has 2 rings (SSSR count). The molecule has 4 nitrogen and oxygen atoms in total. The van der Waals surface area contributed by atoms with Gasteiger partial charge in [0.05, 0.1) is 12.5 Å². The van der Waals surface area contributed by atoms with E-state index in [4.69, 9.17) is 4.74 Å². The first kappa shape index (κ1) is 14.9. The third kappa shape index (κ3) is 4.23. The van der Waals surface area contributed by atoms with E-state index in [1.807, 2.05) is 12.1 Å². The van der Waals surface area contributed by atoms with Crippen LogP contribution < -0.4 is 10.6 Å². The van der Waals surface area contributed by atoms with Gasteiger partial charge in [-0.15, -0.1) is 0 Å². The molecule has 1 heterocycles. The van der Waals surface area contributed by atoms with Gasteiger partial charge < -0.3 is 15.4 Å². The number of benzene rings is 1. The molecule has 110 valence electrons. The molecule has 0 bridgehead atoms. The van der Waals surface area contributed by atoms with Crippen molar-refractivity contribution in [3.8, 4) is 0 Å². The van der Waals surface area contributed by atoms with E-state index in [-0.39, 0.29) is 5.91 Å². The zero-order chi connectivity index (χ0) is 14.4. The lowest BCUT2D eigenvalue weighted by Gasteiger charge is -2.30. The number of carbonyl (C=O) groups excluding carboxylic acids is 1. The minimum Gasteiger partial charge on any atom is -0.382 e. The van der Waals surface area contributed by atoms with Gasteiger partial charge in [0.2, 0.25) is 5.91 Å². The van der Waals surface area contributed by atoms with Crippen LogP contribution in [-0.4, -0.2) is 31.7 Å². The number of nitrogens with one attached hydrogen (secondary N) is 2. The smallest absolute Gasteiger partial charge is 0.224 e. The molecular formula is C16H24N2O2. The Labute approximate surface area is 120 Å². The predicted octanol–water partition coefficient (Wildman–Crippen LogP) is 2.34. The van der Waals surface area contributed by atoms with Crippen LogP contribution in [0.15, 0.2) is 24.3 Å². The molecule has 0 spiro atoms. The van der Waals surface area contributed by atoms with Gasteiger partial charge in [-0.05, 0) is 37.0 Å². The minimum atomic E-state index is 0.0425. The predicted molar refractivity (Wildman–Crippen MR) is 80.9 cm³/mol. The Balaban J connectivity index is 1.88. The molecule has 1 aromatic carbocycles. The second-order valence-corrected chi connectivity index (χ2v) is 5.31. The third-order valence-corrected chi connectivity index (χ3v) is 3.79. The number of carbonyl (C=O) groups is 1. The summed E-state index contributed by atoms with van der Waals surface area (Å²) < 4.78 is 5.69. The fourth-order valence-electron chi connectivity index (χ4n) is 2.52. The van der Waals surface area contributed by atoms with E-state index in [0.29, 0.717) is 18.6 Å². The van der Waals surface area contributed by atoms with E-state index in [9.17, 15) is 4.79 Å². The van der Waals surface area contributed by atoms with Crippen LogP contribution in [0, 0.1) is 0 Å². The fourth-order valence-corrected chi connectivity index (χ4v) is 2.52. The summed E-state index contributed by atoms with van der Waals surface area (Å²) in [5.74, 6) is 0.0425. The minimum absolute atomic E-state index is 0.0425. The summed E-state index contributed by atoms with van der Waals surface area (Å²) in [5.41, 5.74) is 2.15. The zero-order valence-electron chi connectivity index (χ0n) is 12.3. The molecular weight excluding hydrogens is 252 g/mol. The molecule has 0 radical (unpaired) electrons. The summed E-state index contributed by atoms with van der Waals surface area (Å²) in [4.78, 5) is 11.3. The number of ether oxygens (including phenoxy) is 1. The first-order valence-corrected chi connectivity index (χ1v) is 7.39. The van der Waals surface area contributed by atoms with Crippen molar-refractivity contribution < 1.29 is 9.53 Å². The number of likely N-dealkylation sites (N-methyl/N-ethyl adjacent to an activating group) is 1. The first-order valence-electron chi connectivity index (χ1n) is 7.39. The molecule has 1 aromatic rings. The van der Waals surface area contributed by atoms with Crippen LogP contribution in [0.2, 0.25) is 0 Å². The van der Waals surface area contributed by atoms with E-state index < -0.39 is 0 Å². The first-order chi connectivity index (χ1) is 9.71. The van der Waals surface area contributed by atoms with E-state index in [1.165, 1.54) is 0 Å². The van der Waals surface area contributed by atoms with Crippen molar-refractivity contribution in [3.63, 3.8) is 0 Å². The summed E-state index contributed by atoms with van der Waals surface area (Å²) in [7, 11) is 1.66. The van der Waals surface area contributed by atoms with Crippen molar-refractivity contribution in [3.05, 3.63) is 29.8 Å². The van der Waals surface area contributed by atoms with Crippen LogP contribution in [0.5, 0.6) is 0 Å². The van der Waals surface area contributed by atoms with Gasteiger partial charge in [-0.1, -0.05) is 19.1 Å². The highest BCUT2D eigenvalue weighted by molar-refractivity contribution is 5.78. The van der Waals surface area contributed by atoms with Gasteiger partial charge in [-0.2, -0.15) is 0 Å². The number of rotatable bonds is 5. The highest BCUT2D eigenvalue weighted by atomic mass is 16.5. The van der Waals surface area contributed by atoms with E-state index >= 15 is 0 Å². The molecule has 2 N–H and O–H groups in total. The molecule has 1 fully saturated rings. The summed E-state index contributed by atoms with van der Waals surface area (Å²) in [6, 6.07) is 8.60. The Morgan fingerprint density at radius 3 is 2.75 bits per heavy atom. The van der Waals surface area contributed by atoms with Crippen LogP contribution >= 0.6 is 0 Å². The maximum absolute atomic E-state index is 11.3. The quantitative estimate of drug-likeness (QED) is 0.868. The molecule has 1 amide bonds. The van der Waals surface area contributed by atoms with E-state index in [2.05, 4.69) is 29.7 Å². The van der Waals surface area contributed by atoms with Crippen LogP contribution in [0.3, 0.4) is 0 Å². The van der Waals surface area contributed by atoms with Crippen molar-refractivity contribution in [2.75, 3.05) is 19.0 Å². The Kier molecular flexibility index (Phi) is 5.41. The van der Waals surface area contributed by atoms with Crippen molar-refractivity contribution >= 4 is 11.6 Å². The second kappa shape index (κ2) is 7.29. The SMILES string of the molecule is CCC1CC(Nc2ccc(CC(=O)NC)cc2)CCO1. The van der Waals surface area contributed by atoms with Crippen LogP contribution in [0.4, 0.5) is 5.69 Å². The molecule has 1 saturated heterocycles. The molecule has 1 aliphatic rings. The van der Waals surface area contributed by atoms with Crippen molar-refractivity contribution in [2.24, 2.45) is 0 Å². The van der Waals surface area contributed by atoms with Crippen LogP contribution in [0.1, 0.15) is 31.7 Å². The van der Waals surface area contributed by atoms with E-state index in [0.717, 1.165) is 37.1 Å². The molecule has 1 aliphatic heterocycles. The summed E-state index contributed by atoms with van der Waals surface area (Å²) in [6.45, 7) is 3.01. The van der Waals surface area contributed by atoms with E-state index in [1.54, 1.807) is 7.05 Å². The topological polar surface area (TPSA) is 50.4 Å². The van der Waals surface area contributed by atoms with Crippen molar-refractivity contribution in [2.45, 2.75) is 44.8 Å². The van der Waals surface area contributed by atoms with Gasteiger partial charge in [-0.25, -0.2) is 0 Å². The lowest BCUT2D eigenvalue weighted by atomic mass is 10.0. The lowest BCUT2D eigenvalue weighted by molar-refractivity contribution is -0.119. The largest absolute Gasteiger partial charge is 0.382 e. The normalized spacial score (nSPS) is 22.3. The Morgan fingerprint density at radius 1 is 1.35 bits per heavy atom. The number of hydrogen-bond acceptors (Lipinski definition) is 3. The van der Waals surface area contributed by atoms with Crippen molar-refractivity contribution in [1.29, 1.82) is 0 Å². The van der Waals surface area contributed by atoms with Gasteiger partial charge >= 0.3 is 0 Å². The van der Waals surface area contributed by atoms with Crippen LogP contribution in [-0.2, 0) is 16.0 Å².